The quantitative estimate of drug-likeness (QED) is 0.378. The number of allylic oxidation sites excluding steroid dienone is 1. The van der Waals surface area contributed by atoms with Gasteiger partial charge in [-0.2, -0.15) is 0 Å². The summed E-state index contributed by atoms with van der Waals surface area (Å²) in [6.07, 6.45) is 3.26. The van der Waals surface area contributed by atoms with Gasteiger partial charge in [0.2, 0.25) is 0 Å². The molecule has 0 aromatic heterocycles. The smallest absolute Gasteiger partial charge is 0.0797 e. The molecule has 0 fully saturated rings. The van der Waals surface area contributed by atoms with Gasteiger partial charge in [-0.15, -0.1) is 6.58 Å². The summed E-state index contributed by atoms with van der Waals surface area (Å²) in [5.74, 6) is 0.772. The van der Waals surface area contributed by atoms with Crippen LogP contribution in [0.5, 0.6) is 0 Å². The van der Waals surface area contributed by atoms with Gasteiger partial charge in [0.1, 0.15) is 0 Å². The lowest BCUT2D eigenvalue weighted by Crippen LogP contribution is -2.14. The van der Waals surface area contributed by atoms with E-state index in [1.807, 2.05) is 13.0 Å². The zero-order chi connectivity index (χ0) is 9.56. The van der Waals surface area contributed by atoms with Crippen LogP contribution in [0.2, 0.25) is 0 Å². The number of nitrogens with zero attached hydrogens (tertiary/aromatic N) is 1. The second-order valence-electron chi connectivity index (χ2n) is 3.06. The SMILES string of the molecule is C=C[C@H](C)[C@@H](C/N=C\N)C(=C)C. The van der Waals surface area contributed by atoms with Crippen LogP contribution in [0.25, 0.3) is 0 Å². The molecule has 0 aliphatic heterocycles. The van der Waals surface area contributed by atoms with E-state index in [0.29, 0.717) is 18.4 Å². The molecule has 0 bridgehead atoms. The van der Waals surface area contributed by atoms with Crippen LogP contribution >= 0.6 is 0 Å². The minimum Gasteiger partial charge on any atom is -0.390 e. The molecule has 0 aliphatic rings. The fourth-order valence-corrected chi connectivity index (χ4v) is 1.11. The van der Waals surface area contributed by atoms with Crippen molar-refractivity contribution in [3.05, 3.63) is 24.8 Å². The first kappa shape index (κ1) is 11.0. The zero-order valence-electron chi connectivity index (χ0n) is 7.96. The highest BCUT2D eigenvalue weighted by Gasteiger charge is 2.13. The Bertz CT molecular complexity index is 182. The van der Waals surface area contributed by atoms with Crippen molar-refractivity contribution in [1.29, 1.82) is 0 Å². The summed E-state index contributed by atoms with van der Waals surface area (Å²) in [6, 6.07) is 0. The zero-order valence-corrected chi connectivity index (χ0v) is 7.96. The second kappa shape index (κ2) is 5.58. The second-order valence-corrected chi connectivity index (χ2v) is 3.06. The van der Waals surface area contributed by atoms with Crippen molar-refractivity contribution in [2.45, 2.75) is 13.8 Å². The lowest BCUT2D eigenvalue weighted by molar-refractivity contribution is 0.499. The minimum atomic E-state index is 0.363. The number of hydrogen-bond donors (Lipinski definition) is 1. The van der Waals surface area contributed by atoms with E-state index in [-0.39, 0.29) is 0 Å². The summed E-state index contributed by atoms with van der Waals surface area (Å²) in [5, 5.41) is 0. The van der Waals surface area contributed by atoms with Crippen molar-refractivity contribution in [2.75, 3.05) is 6.54 Å². The van der Waals surface area contributed by atoms with Crippen LogP contribution in [-0.2, 0) is 0 Å². The Morgan fingerprint density at radius 3 is 2.58 bits per heavy atom. The van der Waals surface area contributed by atoms with Crippen LogP contribution < -0.4 is 5.73 Å². The van der Waals surface area contributed by atoms with Crippen molar-refractivity contribution in [1.82, 2.24) is 0 Å². The maximum absolute atomic E-state index is 5.17. The van der Waals surface area contributed by atoms with Crippen molar-refractivity contribution >= 4 is 6.34 Å². The van der Waals surface area contributed by atoms with E-state index in [1.165, 1.54) is 6.34 Å². The monoisotopic (exact) mass is 166 g/mol. The van der Waals surface area contributed by atoms with Gasteiger partial charge in [0, 0.05) is 12.5 Å². The molecule has 0 aliphatic carbocycles. The van der Waals surface area contributed by atoms with Crippen LogP contribution in [0.3, 0.4) is 0 Å². The third kappa shape index (κ3) is 3.37. The highest BCUT2D eigenvalue weighted by molar-refractivity contribution is 5.51. The Morgan fingerprint density at radius 2 is 2.25 bits per heavy atom. The maximum Gasteiger partial charge on any atom is 0.0797 e. The molecule has 0 aromatic rings. The number of aliphatic imine (C=N–C) groups is 1. The molecule has 0 aromatic carbocycles. The Kier molecular flexibility index (Phi) is 5.09. The Labute approximate surface area is 74.9 Å². The summed E-state index contributed by atoms with van der Waals surface area (Å²) in [5.41, 5.74) is 6.30. The Morgan fingerprint density at radius 1 is 1.67 bits per heavy atom. The molecule has 0 heterocycles. The molecule has 2 nitrogen and oxygen atoms in total. The van der Waals surface area contributed by atoms with Crippen molar-refractivity contribution in [2.24, 2.45) is 22.6 Å². The van der Waals surface area contributed by atoms with Crippen LogP contribution in [0.4, 0.5) is 0 Å². The fourth-order valence-electron chi connectivity index (χ4n) is 1.11. The Hall–Kier alpha value is -1.05. The molecule has 0 rings (SSSR count). The molecule has 0 saturated heterocycles. The molecule has 0 saturated carbocycles. The average molecular weight is 166 g/mol. The molecular formula is C10H18N2. The van der Waals surface area contributed by atoms with Crippen LogP contribution in [-0.4, -0.2) is 12.9 Å². The molecule has 2 heteroatoms. The van der Waals surface area contributed by atoms with Gasteiger partial charge < -0.3 is 5.73 Å². The molecule has 12 heavy (non-hydrogen) atoms. The highest BCUT2D eigenvalue weighted by atomic mass is 14.8. The summed E-state index contributed by atoms with van der Waals surface area (Å²) in [4.78, 5) is 4.01. The predicted molar refractivity (Wildman–Crippen MR) is 55.2 cm³/mol. The van der Waals surface area contributed by atoms with Crippen molar-refractivity contribution < 1.29 is 0 Å². The first-order chi connectivity index (χ1) is 5.63. The van der Waals surface area contributed by atoms with E-state index < -0.39 is 0 Å². The van der Waals surface area contributed by atoms with Gasteiger partial charge >= 0.3 is 0 Å². The number of rotatable bonds is 5. The van der Waals surface area contributed by atoms with E-state index >= 15 is 0 Å². The number of nitrogens with two attached hydrogens (primary N) is 1. The lowest BCUT2D eigenvalue weighted by Gasteiger charge is -2.19. The van der Waals surface area contributed by atoms with E-state index in [4.69, 9.17) is 5.73 Å². The summed E-state index contributed by atoms with van der Waals surface area (Å²) in [7, 11) is 0. The molecule has 2 atom stereocenters. The van der Waals surface area contributed by atoms with Gasteiger partial charge in [0.05, 0.1) is 6.34 Å². The van der Waals surface area contributed by atoms with E-state index in [2.05, 4.69) is 25.1 Å². The van der Waals surface area contributed by atoms with E-state index in [9.17, 15) is 0 Å². The molecule has 0 unspecified atom stereocenters. The van der Waals surface area contributed by atoms with Crippen LogP contribution in [0, 0.1) is 11.8 Å². The topological polar surface area (TPSA) is 38.4 Å². The molecule has 0 radical (unpaired) electrons. The van der Waals surface area contributed by atoms with Crippen LogP contribution in [0.15, 0.2) is 29.8 Å². The molecule has 68 valence electrons. The average Bonchev–Trinajstić information content (AvgIpc) is 2.04. The van der Waals surface area contributed by atoms with Gasteiger partial charge in [0.15, 0.2) is 0 Å². The summed E-state index contributed by atoms with van der Waals surface area (Å²) >= 11 is 0. The normalized spacial score (nSPS) is 15.8. The standard InChI is InChI=1S/C10H18N2/c1-5-9(4)10(8(2)3)6-12-7-11/h5,7,9-10H,1-2,6H2,3-4H3,(H2,11,12)/t9-,10-/m0/s1. The predicted octanol–water partition coefficient (Wildman–Crippen LogP) is 1.99. The molecule has 0 amide bonds. The minimum absolute atomic E-state index is 0.363. The van der Waals surface area contributed by atoms with Crippen molar-refractivity contribution in [3.63, 3.8) is 0 Å². The highest BCUT2D eigenvalue weighted by Crippen LogP contribution is 2.20. The summed E-state index contributed by atoms with van der Waals surface area (Å²) in [6.45, 7) is 12.5. The lowest BCUT2D eigenvalue weighted by atomic mass is 9.89. The third-order valence-corrected chi connectivity index (χ3v) is 2.05. The van der Waals surface area contributed by atoms with Gasteiger partial charge in [-0.25, -0.2) is 0 Å². The van der Waals surface area contributed by atoms with Crippen LogP contribution in [0.1, 0.15) is 13.8 Å². The maximum atomic E-state index is 5.17. The molecular weight excluding hydrogens is 148 g/mol. The van der Waals surface area contributed by atoms with Gasteiger partial charge in [-0.05, 0) is 12.8 Å². The van der Waals surface area contributed by atoms with E-state index in [0.717, 1.165) is 5.57 Å². The third-order valence-electron chi connectivity index (χ3n) is 2.05. The largest absolute Gasteiger partial charge is 0.390 e. The van der Waals surface area contributed by atoms with Gasteiger partial charge in [0.25, 0.3) is 0 Å². The molecule has 0 spiro atoms. The first-order valence-corrected chi connectivity index (χ1v) is 4.11. The molecule has 2 N–H and O–H groups in total. The fraction of sp³-hybridized carbons (Fsp3) is 0.500. The van der Waals surface area contributed by atoms with Gasteiger partial charge in [-0.1, -0.05) is 25.2 Å². The Balaban J connectivity index is 4.22. The first-order valence-electron chi connectivity index (χ1n) is 4.11. The van der Waals surface area contributed by atoms with Gasteiger partial charge in [-0.3, -0.25) is 4.99 Å². The van der Waals surface area contributed by atoms with Crippen molar-refractivity contribution in [3.8, 4) is 0 Å². The van der Waals surface area contributed by atoms with E-state index in [1.54, 1.807) is 0 Å². The summed E-state index contributed by atoms with van der Waals surface area (Å²) < 4.78 is 0. The number of hydrogen-bond acceptors (Lipinski definition) is 1.